The number of β-amino-alcohol motifs (C(OH)–C–C–N with tert-alkyl or cyclic N) is 1. The van der Waals surface area contributed by atoms with Gasteiger partial charge in [0.15, 0.2) is 17.2 Å². The van der Waals surface area contributed by atoms with Crippen molar-refractivity contribution in [2.75, 3.05) is 31.5 Å². The molecule has 3 aromatic carbocycles. The highest BCUT2D eigenvalue weighted by molar-refractivity contribution is 6.36. The summed E-state index contributed by atoms with van der Waals surface area (Å²) in [6, 6.07) is 15.4. The predicted molar refractivity (Wildman–Crippen MR) is 204 cm³/mol. The van der Waals surface area contributed by atoms with E-state index in [2.05, 4.69) is 30.2 Å². The number of aliphatic carboxylic acids is 1. The van der Waals surface area contributed by atoms with Crippen LogP contribution in [0.4, 0.5) is 29.1 Å². The zero-order chi connectivity index (χ0) is 40.0. The van der Waals surface area contributed by atoms with Crippen LogP contribution < -0.4 is 10.1 Å². The van der Waals surface area contributed by atoms with Crippen molar-refractivity contribution >= 4 is 51.2 Å². The Morgan fingerprint density at radius 2 is 1.72 bits per heavy atom. The molecule has 0 radical (unpaired) electrons. The number of aliphatic hydroxyl groups excluding tert-OH is 1. The SMILES string of the molecule is Cc1c(Nc2nc(C(F)F)nc3cc(CN4CCC(O)C4)cnc23)cccc1-c1cccc(-c2nc3cc(CN4CCC(C(=O)O)C4)c(OC(F)F)cc3o2)c1Cl. The molecule has 2 aliphatic rings. The lowest BCUT2D eigenvalue weighted by Gasteiger charge is -2.17. The predicted octanol–water partition coefficient (Wildman–Crippen LogP) is 8.22. The molecule has 3 N–H and O–H groups in total. The summed E-state index contributed by atoms with van der Waals surface area (Å²) in [5.41, 5.74) is 5.31. The first-order chi connectivity index (χ1) is 27.4. The molecular weight excluding hydrogens is 770 g/mol. The first-order valence-corrected chi connectivity index (χ1v) is 18.6. The van der Waals surface area contributed by atoms with Gasteiger partial charge in [-0.1, -0.05) is 35.9 Å². The molecule has 0 aliphatic carbocycles. The third kappa shape index (κ3) is 8.08. The first-order valence-electron chi connectivity index (χ1n) is 18.2. The van der Waals surface area contributed by atoms with Crippen molar-refractivity contribution in [3.05, 3.63) is 88.3 Å². The van der Waals surface area contributed by atoms with Crippen LogP contribution in [0.2, 0.25) is 5.02 Å². The quantitative estimate of drug-likeness (QED) is 0.102. The van der Waals surface area contributed by atoms with Crippen LogP contribution in [0.15, 0.2) is 65.2 Å². The molecule has 2 atom stereocenters. The maximum Gasteiger partial charge on any atom is 0.387 e. The number of aliphatic hydroxyl groups is 1. The van der Waals surface area contributed by atoms with Gasteiger partial charge in [0.05, 0.1) is 28.1 Å². The Morgan fingerprint density at radius 3 is 2.46 bits per heavy atom. The number of ether oxygens (including phenoxy) is 1. The molecule has 0 bridgehead atoms. The van der Waals surface area contributed by atoms with Crippen molar-refractivity contribution in [3.8, 4) is 28.3 Å². The van der Waals surface area contributed by atoms with Crippen LogP contribution in [0.3, 0.4) is 0 Å². The average molecular weight is 806 g/mol. The maximum atomic E-state index is 14.1. The number of hydrogen-bond donors (Lipinski definition) is 3. The van der Waals surface area contributed by atoms with Gasteiger partial charge in [0, 0.05) is 61.8 Å². The highest BCUT2D eigenvalue weighted by atomic mass is 35.5. The van der Waals surface area contributed by atoms with Crippen LogP contribution in [-0.4, -0.2) is 84.8 Å². The van der Waals surface area contributed by atoms with E-state index < -0.39 is 36.9 Å². The summed E-state index contributed by atoms with van der Waals surface area (Å²) < 4.78 is 65.9. The molecule has 12 nitrogen and oxygen atoms in total. The number of rotatable bonds is 12. The molecule has 3 aromatic heterocycles. The summed E-state index contributed by atoms with van der Waals surface area (Å²) in [5, 5.41) is 22.8. The van der Waals surface area contributed by atoms with Crippen LogP contribution in [0.25, 0.3) is 44.7 Å². The second-order valence-electron chi connectivity index (χ2n) is 14.3. The Morgan fingerprint density at radius 1 is 0.965 bits per heavy atom. The van der Waals surface area contributed by atoms with Crippen molar-refractivity contribution in [2.45, 2.75) is 52.0 Å². The van der Waals surface area contributed by atoms with Gasteiger partial charge in [-0.15, -0.1) is 0 Å². The van der Waals surface area contributed by atoms with Gasteiger partial charge in [-0.25, -0.2) is 23.7 Å². The van der Waals surface area contributed by atoms with E-state index in [0.717, 1.165) is 5.56 Å². The van der Waals surface area contributed by atoms with Crippen molar-refractivity contribution in [1.29, 1.82) is 0 Å². The lowest BCUT2D eigenvalue weighted by molar-refractivity contribution is -0.141. The molecule has 8 rings (SSSR count). The zero-order valence-electron chi connectivity index (χ0n) is 30.4. The van der Waals surface area contributed by atoms with E-state index in [1.54, 1.807) is 42.6 Å². The van der Waals surface area contributed by atoms with E-state index in [1.807, 2.05) is 24.0 Å². The van der Waals surface area contributed by atoms with Crippen LogP contribution >= 0.6 is 11.6 Å². The Kier molecular flexibility index (Phi) is 10.7. The van der Waals surface area contributed by atoms with E-state index in [9.17, 15) is 32.6 Å². The van der Waals surface area contributed by atoms with Gasteiger partial charge in [0.1, 0.15) is 16.8 Å². The number of likely N-dealkylation sites (tertiary alicyclic amines) is 2. The highest BCUT2D eigenvalue weighted by Crippen LogP contribution is 2.41. The van der Waals surface area contributed by atoms with Crippen LogP contribution in [0.1, 0.15) is 41.8 Å². The third-order valence-electron chi connectivity index (χ3n) is 10.4. The Labute approximate surface area is 328 Å². The molecule has 0 amide bonds. The molecule has 0 saturated carbocycles. The molecule has 5 heterocycles. The second-order valence-corrected chi connectivity index (χ2v) is 14.7. The summed E-state index contributed by atoms with van der Waals surface area (Å²) in [6.45, 7) is 1.42. The largest absolute Gasteiger partial charge is 0.481 e. The van der Waals surface area contributed by atoms with Crippen LogP contribution in [-0.2, 0) is 17.9 Å². The van der Waals surface area contributed by atoms with E-state index in [0.29, 0.717) is 83.6 Å². The van der Waals surface area contributed by atoms with Gasteiger partial charge in [0.2, 0.25) is 5.89 Å². The smallest absolute Gasteiger partial charge is 0.387 e. The molecule has 296 valence electrons. The maximum absolute atomic E-state index is 14.1. The lowest BCUT2D eigenvalue weighted by atomic mass is 9.97. The number of oxazole rings is 1. The summed E-state index contributed by atoms with van der Waals surface area (Å²) in [7, 11) is 0. The standard InChI is InChI=1S/C40H36ClF4N7O5/c1-20-25(4-3-7-28(20)47-36-34-30(48-37(50-36)35(42)43)12-21(15-46-34)16-51-11-9-24(53)19-51)26-5-2-6-27(33(26)41)38-49-29-13-23(18-52-10-8-22(17-52)39(54)55)31(57-40(44)45)14-32(29)56-38/h2-7,12-15,22,24,35,40,53H,8-11,16-19H2,1H3,(H,54,55)(H,47,48,50). The third-order valence-corrected chi connectivity index (χ3v) is 10.8. The molecule has 57 heavy (non-hydrogen) atoms. The minimum absolute atomic E-state index is 0.102. The Bertz CT molecular complexity index is 2490. The molecule has 0 spiro atoms. The zero-order valence-corrected chi connectivity index (χ0v) is 31.2. The summed E-state index contributed by atoms with van der Waals surface area (Å²) in [5.74, 6) is -1.96. The van der Waals surface area contributed by atoms with E-state index in [-0.39, 0.29) is 46.7 Å². The Balaban J connectivity index is 1.10. The number of benzene rings is 3. The minimum atomic E-state index is -3.10. The normalized spacial score (nSPS) is 17.8. The van der Waals surface area contributed by atoms with Crippen LogP contribution in [0, 0.1) is 12.8 Å². The van der Waals surface area contributed by atoms with Crippen molar-refractivity contribution in [3.63, 3.8) is 0 Å². The van der Waals surface area contributed by atoms with Gasteiger partial charge in [-0.05, 0) is 67.3 Å². The number of hydrogen-bond acceptors (Lipinski definition) is 11. The number of carbonyl (C=O) groups is 1. The number of nitrogens with zero attached hydrogens (tertiary/aromatic N) is 6. The fourth-order valence-electron chi connectivity index (χ4n) is 7.52. The Hall–Kier alpha value is -5.42. The van der Waals surface area contributed by atoms with Crippen molar-refractivity contribution < 1.29 is 41.7 Å². The minimum Gasteiger partial charge on any atom is -0.481 e. The molecule has 2 unspecified atom stereocenters. The lowest BCUT2D eigenvalue weighted by Crippen LogP contribution is -2.23. The van der Waals surface area contributed by atoms with Crippen molar-refractivity contribution in [2.24, 2.45) is 5.92 Å². The fraction of sp³-hybridized carbons (Fsp3) is 0.325. The second kappa shape index (κ2) is 15.8. The summed E-state index contributed by atoms with van der Waals surface area (Å²) >= 11 is 7.06. The number of alkyl halides is 4. The number of pyridine rings is 1. The molecule has 2 aliphatic heterocycles. The van der Waals surface area contributed by atoms with Gasteiger partial charge < -0.3 is 24.7 Å². The van der Waals surface area contributed by atoms with Gasteiger partial charge >= 0.3 is 12.6 Å². The topological polar surface area (TPSA) is 150 Å². The first kappa shape index (κ1) is 38.5. The molecule has 2 saturated heterocycles. The molecule has 2 fully saturated rings. The van der Waals surface area contributed by atoms with Gasteiger partial charge in [-0.3, -0.25) is 19.6 Å². The van der Waals surface area contributed by atoms with E-state index in [1.165, 1.54) is 6.07 Å². The van der Waals surface area contributed by atoms with Crippen molar-refractivity contribution in [1.82, 2.24) is 29.7 Å². The summed E-state index contributed by atoms with van der Waals surface area (Å²) in [4.78, 5) is 32.9. The monoisotopic (exact) mass is 805 g/mol. The number of nitrogens with one attached hydrogen (secondary N) is 1. The highest BCUT2D eigenvalue weighted by Gasteiger charge is 2.29. The van der Waals surface area contributed by atoms with Gasteiger partial charge in [-0.2, -0.15) is 8.78 Å². The van der Waals surface area contributed by atoms with E-state index >= 15 is 0 Å². The number of carboxylic acid groups (broad SMARTS) is 1. The number of aromatic nitrogens is 4. The van der Waals surface area contributed by atoms with E-state index in [4.69, 9.17) is 20.8 Å². The number of anilines is 2. The molecule has 6 aromatic rings. The molecule has 17 heteroatoms. The van der Waals surface area contributed by atoms with Gasteiger partial charge in [0.25, 0.3) is 6.43 Å². The summed E-state index contributed by atoms with van der Waals surface area (Å²) in [6.07, 6.45) is -0.559. The average Bonchev–Trinajstić information content (AvgIpc) is 3.92. The number of fused-ring (bicyclic) bond motifs is 2. The number of halogens is 5. The number of carboxylic acids is 1. The molecular formula is C40H36ClF4N7O5. The fourth-order valence-corrected chi connectivity index (χ4v) is 7.83. The van der Waals surface area contributed by atoms with Crippen LogP contribution in [0.5, 0.6) is 5.75 Å².